The first-order valence-electron chi connectivity index (χ1n) is 8.93. The Morgan fingerprint density at radius 2 is 1.69 bits per heavy atom. The smallest absolute Gasteiger partial charge is 0.0769 e. The van der Waals surface area contributed by atoms with E-state index in [1.165, 1.54) is 27.8 Å². The third-order valence-corrected chi connectivity index (χ3v) is 5.47. The molecule has 0 fully saturated rings. The van der Waals surface area contributed by atoms with Gasteiger partial charge in [0.05, 0.1) is 11.4 Å². The summed E-state index contributed by atoms with van der Waals surface area (Å²) in [5.74, 6) is 0.530. The van der Waals surface area contributed by atoms with Gasteiger partial charge < -0.3 is 0 Å². The van der Waals surface area contributed by atoms with Crippen molar-refractivity contribution in [3.05, 3.63) is 107 Å². The second-order valence-corrected chi connectivity index (χ2v) is 6.91. The van der Waals surface area contributed by atoms with E-state index in [1.807, 2.05) is 12.4 Å². The molecule has 2 atom stereocenters. The van der Waals surface area contributed by atoms with Gasteiger partial charge in [0.15, 0.2) is 0 Å². The summed E-state index contributed by atoms with van der Waals surface area (Å²) in [6.45, 7) is 4.14. The summed E-state index contributed by atoms with van der Waals surface area (Å²) in [6.07, 6.45) is 4.75. The number of rotatable bonds is 2. The maximum absolute atomic E-state index is 4.77. The topological polar surface area (TPSA) is 37.3 Å². The van der Waals surface area contributed by atoms with Crippen LogP contribution in [-0.2, 0) is 6.42 Å². The van der Waals surface area contributed by atoms with Crippen LogP contribution in [-0.4, -0.2) is 10.7 Å². The molecule has 0 saturated carbocycles. The van der Waals surface area contributed by atoms with Crippen molar-refractivity contribution in [3.63, 3.8) is 0 Å². The summed E-state index contributed by atoms with van der Waals surface area (Å²) in [7, 11) is 0. The molecule has 2 aliphatic rings. The van der Waals surface area contributed by atoms with Crippen LogP contribution < -0.4 is 5.43 Å². The van der Waals surface area contributed by atoms with Crippen LogP contribution in [0.25, 0.3) is 5.70 Å². The van der Waals surface area contributed by atoms with Gasteiger partial charge in [-0.3, -0.25) is 10.4 Å². The quantitative estimate of drug-likeness (QED) is 0.748. The van der Waals surface area contributed by atoms with Gasteiger partial charge in [-0.15, -0.1) is 0 Å². The van der Waals surface area contributed by atoms with Gasteiger partial charge in [0, 0.05) is 35.4 Å². The second kappa shape index (κ2) is 5.95. The van der Waals surface area contributed by atoms with E-state index < -0.39 is 0 Å². The first kappa shape index (κ1) is 15.1. The highest BCUT2D eigenvalue weighted by Gasteiger charge is 2.38. The fourth-order valence-corrected chi connectivity index (χ4v) is 4.31. The molecule has 1 aliphatic heterocycles. The zero-order chi connectivity index (χ0) is 17.5. The van der Waals surface area contributed by atoms with Crippen molar-refractivity contribution in [3.8, 4) is 0 Å². The number of hydrazone groups is 1. The number of nitrogens with one attached hydrogen (secondary N) is 1. The van der Waals surface area contributed by atoms with E-state index in [1.54, 1.807) is 0 Å². The van der Waals surface area contributed by atoms with Gasteiger partial charge in [0.1, 0.15) is 0 Å². The summed E-state index contributed by atoms with van der Waals surface area (Å²) in [5, 5.41) is 4.77. The Balaban J connectivity index is 1.75. The Bertz CT molecular complexity index is 1010. The molecule has 3 aromatic rings. The van der Waals surface area contributed by atoms with E-state index in [0.717, 1.165) is 17.8 Å². The lowest BCUT2D eigenvalue weighted by Gasteiger charge is -2.38. The van der Waals surface area contributed by atoms with Crippen LogP contribution in [0.15, 0.2) is 84.7 Å². The molecule has 3 nitrogen and oxygen atoms in total. The molecule has 126 valence electrons. The van der Waals surface area contributed by atoms with Gasteiger partial charge in [0.25, 0.3) is 0 Å². The van der Waals surface area contributed by atoms with E-state index in [9.17, 15) is 0 Å². The van der Waals surface area contributed by atoms with Crippen LogP contribution in [0, 0.1) is 0 Å². The fourth-order valence-electron chi connectivity index (χ4n) is 4.31. The lowest BCUT2D eigenvalue weighted by atomic mass is 9.67. The zero-order valence-corrected chi connectivity index (χ0v) is 14.4. The minimum atomic E-state index is 0.202. The number of hydrogen-bond acceptors (Lipinski definition) is 3. The molecule has 2 aromatic carbocycles. The Morgan fingerprint density at radius 1 is 0.885 bits per heavy atom. The van der Waals surface area contributed by atoms with Gasteiger partial charge >= 0.3 is 0 Å². The summed E-state index contributed by atoms with van der Waals surface area (Å²) in [6, 6.07) is 21.4. The molecule has 1 N–H and O–H groups in total. The van der Waals surface area contributed by atoms with Crippen molar-refractivity contribution in [1.29, 1.82) is 0 Å². The van der Waals surface area contributed by atoms with E-state index >= 15 is 0 Å². The Labute approximate surface area is 153 Å². The normalized spacial score (nSPS) is 20.8. The standard InChI is InChI=1S/C23H19N3/c1-15-19-9-5-8-18-14-20(16-10-12-24-13-11-16)21(17-6-3-2-4-7-17)23(22(18)19)26-25-15/h2-13,20-21,25H,1,14H2. The van der Waals surface area contributed by atoms with E-state index in [0.29, 0.717) is 5.92 Å². The minimum Gasteiger partial charge on any atom is -0.278 e. The molecule has 0 spiro atoms. The lowest BCUT2D eigenvalue weighted by Crippen LogP contribution is -2.34. The Kier molecular flexibility index (Phi) is 3.45. The molecule has 3 heteroatoms. The molecule has 0 amide bonds. The van der Waals surface area contributed by atoms with Gasteiger partial charge in [-0.05, 0) is 35.2 Å². The molecule has 2 unspecified atom stereocenters. The fraction of sp³-hybridized carbons (Fsp3) is 0.130. The summed E-state index contributed by atoms with van der Waals surface area (Å²) in [5.41, 5.74) is 11.5. The van der Waals surface area contributed by atoms with E-state index in [-0.39, 0.29) is 5.92 Å². The maximum Gasteiger partial charge on any atom is 0.0769 e. The zero-order valence-electron chi connectivity index (χ0n) is 14.4. The van der Waals surface area contributed by atoms with E-state index in [4.69, 9.17) is 5.10 Å². The van der Waals surface area contributed by atoms with Crippen molar-refractivity contribution >= 4 is 11.4 Å². The second-order valence-electron chi connectivity index (χ2n) is 6.91. The lowest BCUT2D eigenvalue weighted by molar-refractivity contribution is 0.615. The Hall–Kier alpha value is -3.20. The first-order chi connectivity index (χ1) is 12.8. The number of hydrogen-bond donors (Lipinski definition) is 1. The third kappa shape index (κ3) is 2.28. The van der Waals surface area contributed by atoms with Crippen LogP contribution >= 0.6 is 0 Å². The van der Waals surface area contributed by atoms with Crippen molar-refractivity contribution in [2.24, 2.45) is 5.10 Å². The van der Waals surface area contributed by atoms with Crippen molar-refractivity contribution < 1.29 is 0 Å². The molecular formula is C23H19N3. The predicted octanol–water partition coefficient (Wildman–Crippen LogP) is 4.48. The molecule has 5 rings (SSSR count). The molecule has 26 heavy (non-hydrogen) atoms. The highest BCUT2D eigenvalue weighted by atomic mass is 15.3. The first-order valence-corrected chi connectivity index (χ1v) is 8.93. The van der Waals surface area contributed by atoms with Crippen LogP contribution in [0.5, 0.6) is 0 Å². The average Bonchev–Trinajstić information content (AvgIpc) is 2.71. The van der Waals surface area contributed by atoms with Gasteiger partial charge in [-0.25, -0.2) is 0 Å². The molecule has 0 bridgehead atoms. The molecule has 0 radical (unpaired) electrons. The van der Waals surface area contributed by atoms with Gasteiger partial charge in [0.2, 0.25) is 0 Å². The highest BCUT2D eigenvalue weighted by molar-refractivity contribution is 6.12. The number of pyridine rings is 1. The summed E-state index contributed by atoms with van der Waals surface area (Å²) >= 11 is 0. The van der Waals surface area contributed by atoms with Crippen molar-refractivity contribution in [2.45, 2.75) is 18.3 Å². The van der Waals surface area contributed by atoms with Crippen LogP contribution in [0.2, 0.25) is 0 Å². The molecule has 2 heterocycles. The largest absolute Gasteiger partial charge is 0.278 e. The molecular weight excluding hydrogens is 318 g/mol. The predicted molar refractivity (Wildman–Crippen MR) is 105 cm³/mol. The van der Waals surface area contributed by atoms with Crippen molar-refractivity contribution in [2.75, 3.05) is 0 Å². The SMILES string of the molecule is C=C1NN=C2c3c(cccc31)CC(c1ccncc1)C2c1ccccc1. The van der Waals surface area contributed by atoms with Crippen LogP contribution in [0.1, 0.15) is 39.7 Å². The van der Waals surface area contributed by atoms with Gasteiger partial charge in [-0.1, -0.05) is 55.1 Å². The van der Waals surface area contributed by atoms with Crippen LogP contribution in [0.4, 0.5) is 0 Å². The molecule has 1 aromatic heterocycles. The Morgan fingerprint density at radius 3 is 2.50 bits per heavy atom. The highest BCUT2D eigenvalue weighted by Crippen LogP contribution is 2.45. The van der Waals surface area contributed by atoms with Crippen LogP contribution in [0.3, 0.4) is 0 Å². The molecule has 0 saturated heterocycles. The minimum absolute atomic E-state index is 0.202. The monoisotopic (exact) mass is 337 g/mol. The van der Waals surface area contributed by atoms with Gasteiger partial charge in [-0.2, -0.15) is 5.10 Å². The molecule has 1 aliphatic carbocycles. The average molecular weight is 337 g/mol. The summed E-state index contributed by atoms with van der Waals surface area (Å²) < 4.78 is 0. The third-order valence-electron chi connectivity index (χ3n) is 5.47. The number of aromatic nitrogens is 1. The van der Waals surface area contributed by atoms with E-state index in [2.05, 4.69) is 77.7 Å². The number of benzene rings is 2. The van der Waals surface area contributed by atoms with Crippen molar-refractivity contribution in [1.82, 2.24) is 10.4 Å². The summed E-state index contributed by atoms with van der Waals surface area (Å²) in [4.78, 5) is 4.20. The number of nitrogens with zero attached hydrogens (tertiary/aromatic N) is 2. The maximum atomic E-state index is 4.77.